The second kappa shape index (κ2) is 8.20. The molecule has 8 heteroatoms. The molecule has 1 N–H and O–H groups in total. The van der Waals surface area contributed by atoms with Crippen molar-refractivity contribution in [3.05, 3.63) is 41.8 Å². The van der Waals surface area contributed by atoms with Crippen LogP contribution in [-0.2, 0) is 14.8 Å². The highest BCUT2D eigenvalue weighted by Crippen LogP contribution is 2.27. The molecule has 1 aromatic carbocycles. The number of hydrogen-bond acceptors (Lipinski definition) is 5. The molecule has 1 aliphatic heterocycles. The molecule has 2 aromatic rings. The number of amides is 1. The molecule has 0 aliphatic carbocycles. The van der Waals surface area contributed by atoms with E-state index in [2.05, 4.69) is 5.32 Å². The molecule has 6 nitrogen and oxygen atoms in total. The molecule has 1 atom stereocenters. The van der Waals surface area contributed by atoms with E-state index in [1.165, 1.54) is 15.6 Å². The van der Waals surface area contributed by atoms with Crippen molar-refractivity contribution < 1.29 is 17.9 Å². The minimum atomic E-state index is -3.51. The van der Waals surface area contributed by atoms with E-state index >= 15 is 0 Å². The second-order valence-corrected chi connectivity index (χ2v) is 9.19. The summed E-state index contributed by atoms with van der Waals surface area (Å²) < 4.78 is 32.5. The van der Waals surface area contributed by atoms with E-state index in [4.69, 9.17) is 4.74 Å². The molecule has 1 saturated heterocycles. The minimum absolute atomic E-state index is 0.153. The number of carbonyl (C=O) groups excluding carboxylic acids is 1. The fraction of sp³-hybridized carbons (Fsp3) is 0.389. The van der Waals surface area contributed by atoms with Crippen molar-refractivity contribution in [2.45, 2.75) is 24.0 Å². The van der Waals surface area contributed by atoms with Crippen molar-refractivity contribution in [2.24, 2.45) is 5.92 Å². The van der Waals surface area contributed by atoms with Crippen LogP contribution in [0.25, 0.3) is 0 Å². The molecule has 1 aliphatic rings. The summed E-state index contributed by atoms with van der Waals surface area (Å²) in [5, 5.41) is 4.62. The van der Waals surface area contributed by atoms with Crippen molar-refractivity contribution >= 4 is 33.0 Å². The highest BCUT2D eigenvalue weighted by molar-refractivity contribution is 7.91. The third kappa shape index (κ3) is 4.25. The maximum atomic E-state index is 12.7. The molecule has 1 fully saturated rings. The first-order chi connectivity index (χ1) is 12.5. The maximum absolute atomic E-state index is 12.7. The van der Waals surface area contributed by atoms with Crippen LogP contribution in [-0.4, -0.2) is 38.3 Å². The summed E-state index contributed by atoms with van der Waals surface area (Å²) in [6.45, 7) is 3.16. The number of carbonyl (C=O) groups is 1. The SMILES string of the molecule is CCOc1ccc(NC(=O)C2CCCN(S(=O)(=O)c3cccs3)C2)cc1. The number of sulfonamides is 1. The van der Waals surface area contributed by atoms with Crippen LogP contribution in [0.4, 0.5) is 5.69 Å². The number of nitrogens with one attached hydrogen (secondary N) is 1. The highest BCUT2D eigenvalue weighted by atomic mass is 32.2. The van der Waals surface area contributed by atoms with Crippen molar-refractivity contribution in [3.63, 3.8) is 0 Å². The summed E-state index contributed by atoms with van der Waals surface area (Å²) in [5.74, 6) is 0.238. The van der Waals surface area contributed by atoms with Gasteiger partial charge >= 0.3 is 0 Å². The molecule has 2 heterocycles. The van der Waals surface area contributed by atoms with Crippen molar-refractivity contribution in [3.8, 4) is 5.75 Å². The second-order valence-electron chi connectivity index (χ2n) is 6.08. The van der Waals surface area contributed by atoms with Gasteiger partial charge in [-0.1, -0.05) is 6.07 Å². The number of rotatable bonds is 6. The summed E-state index contributed by atoms with van der Waals surface area (Å²) in [4.78, 5) is 12.6. The number of thiophene rings is 1. The van der Waals surface area contributed by atoms with E-state index in [1.54, 1.807) is 41.8 Å². The summed E-state index contributed by atoms with van der Waals surface area (Å²) in [5.41, 5.74) is 0.677. The number of piperidine rings is 1. The zero-order chi connectivity index (χ0) is 18.6. The van der Waals surface area contributed by atoms with Crippen LogP contribution in [0.3, 0.4) is 0 Å². The van der Waals surface area contributed by atoms with Crippen LogP contribution in [0.2, 0.25) is 0 Å². The molecule has 0 bridgehead atoms. The van der Waals surface area contributed by atoms with E-state index in [-0.39, 0.29) is 18.4 Å². The highest BCUT2D eigenvalue weighted by Gasteiger charge is 2.33. The van der Waals surface area contributed by atoms with Crippen LogP contribution in [0, 0.1) is 5.92 Å². The van der Waals surface area contributed by atoms with E-state index < -0.39 is 10.0 Å². The van der Waals surface area contributed by atoms with Crippen molar-refractivity contribution in [1.82, 2.24) is 4.31 Å². The van der Waals surface area contributed by atoms with Crippen LogP contribution in [0.15, 0.2) is 46.0 Å². The van der Waals surface area contributed by atoms with Gasteiger partial charge in [-0.25, -0.2) is 8.42 Å². The Bertz CT molecular complexity index is 833. The number of nitrogens with zero attached hydrogens (tertiary/aromatic N) is 1. The first kappa shape index (κ1) is 18.9. The van der Waals surface area contributed by atoms with Gasteiger partial charge in [0.05, 0.1) is 12.5 Å². The molecular weight excluding hydrogens is 372 g/mol. The average Bonchev–Trinajstić information content (AvgIpc) is 3.19. The average molecular weight is 395 g/mol. The Morgan fingerprint density at radius 1 is 1.31 bits per heavy atom. The molecule has 0 radical (unpaired) electrons. The Morgan fingerprint density at radius 3 is 2.73 bits per heavy atom. The lowest BCUT2D eigenvalue weighted by atomic mass is 9.99. The van der Waals surface area contributed by atoms with Crippen LogP contribution >= 0.6 is 11.3 Å². The van der Waals surface area contributed by atoms with Gasteiger partial charge in [0.25, 0.3) is 10.0 Å². The monoisotopic (exact) mass is 394 g/mol. The van der Waals surface area contributed by atoms with Crippen molar-refractivity contribution in [1.29, 1.82) is 0 Å². The van der Waals surface area contributed by atoms with Gasteiger partial charge in [0, 0.05) is 18.8 Å². The Morgan fingerprint density at radius 2 is 2.08 bits per heavy atom. The Kier molecular flexibility index (Phi) is 5.95. The number of benzene rings is 1. The molecule has 1 unspecified atom stereocenters. The van der Waals surface area contributed by atoms with E-state index in [0.29, 0.717) is 35.9 Å². The number of hydrogen-bond donors (Lipinski definition) is 1. The van der Waals surface area contributed by atoms with Gasteiger partial charge in [0.1, 0.15) is 9.96 Å². The first-order valence-electron chi connectivity index (χ1n) is 8.58. The van der Waals surface area contributed by atoms with E-state index in [9.17, 15) is 13.2 Å². The van der Waals surface area contributed by atoms with Gasteiger partial charge in [0.2, 0.25) is 5.91 Å². The minimum Gasteiger partial charge on any atom is -0.494 e. The fourth-order valence-electron chi connectivity index (χ4n) is 2.96. The van der Waals surface area contributed by atoms with Crippen LogP contribution in [0.1, 0.15) is 19.8 Å². The molecule has 1 aromatic heterocycles. The lowest BCUT2D eigenvalue weighted by Crippen LogP contribution is -2.43. The molecule has 0 saturated carbocycles. The molecule has 1 amide bonds. The lowest BCUT2D eigenvalue weighted by Gasteiger charge is -2.30. The summed E-state index contributed by atoms with van der Waals surface area (Å²) in [6, 6.07) is 10.5. The molecule has 3 rings (SSSR count). The number of ether oxygens (including phenoxy) is 1. The van der Waals surface area contributed by atoms with Gasteiger partial charge < -0.3 is 10.1 Å². The first-order valence-corrected chi connectivity index (χ1v) is 10.9. The lowest BCUT2D eigenvalue weighted by molar-refractivity contribution is -0.120. The van der Waals surface area contributed by atoms with E-state index in [0.717, 1.165) is 5.75 Å². The quantitative estimate of drug-likeness (QED) is 0.816. The van der Waals surface area contributed by atoms with Gasteiger partial charge in [0.15, 0.2) is 0 Å². The van der Waals surface area contributed by atoms with Crippen LogP contribution in [0.5, 0.6) is 5.75 Å². The molecule has 26 heavy (non-hydrogen) atoms. The molecular formula is C18H22N2O4S2. The predicted octanol–water partition coefficient (Wildman–Crippen LogP) is 3.19. The zero-order valence-electron chi connectivity index (χ0n) is 14.6. The van der Waals surface area contributed by atoms with Gasteiger partial charge in [-0.15, -0.1) is 11.3 Å². The smallest absolute Gasteiger partial charge is 0.252 e. The molecule has 0 spiro atoms. The summed E-state index contributed by atoms with van der Waals surface area (Å²) >= 11 is 1.20. The Balaban J connectivity index is 1.64. The normalized spacial score (nSPS) is 18.4. The van der Waals surface area contributed by atoms with Gasteiger partial charge in [-0.3, -0.25) is 4.79 Å². The van der Waals surface area contributed by atoms with E-state index in [1.807, 2.05) is 6.92 Å². The Labute approximate surface area is 157 Å². The predicted molar refractivity (Wildman–Crippen MR) is 102 cm³/mol. The number of anilines is 1. The topological polar surface area (TPSA) is 75.7 Å². The summed E-state index contributed by atoms with van der Waals surface area (Å²) in [6.07, 6.45) is 1.35. The molecule has 140 valence electrons. The zero-order valence-corrected chi connectivity index (χ0v) is 16.2. The third-order valence-electron chi connectivity index (χ3n) is 4.28. The van der Waals surface area contributed by atoms with Crippen molar-refractivity contribution in [2.75, 3.05) is 25.0 Å². The maximum Gasteiger partial charge on any atom is 0.252 e. The third-order valence-corrected chi connectivity index (χ3v) is 7.52. The Hall–Kier alpha value is -1.90. The van der Waals surface area contributed by atoms with Crippen LogP contribution < -0.4 is 10.1 Å². The largest absolute Gasteiger partial charge is 0.494 e. The van der Waals surface area contributed by atoms with Gasteiger partial charge in [-0.05, 0) is 55.5 Å². The standard InChI is InChI=1S/C18H22N2O4S2/c1-2-24-16-9-7-15(8-10-16)19-18(21)14-5-3-11-20(13-14)26(22,23)17-6-4-12-25-17/h4,6-10,12,14H,2-3,5,11,13H2,1H3,(H,19,21). The fourth-order valence-corrected chi connectivity index (χ4v) is 5.63. The van der Waals surface area contributed by atoms with Gasteiger partial charge in [-0.2, -0.15) is 4.31 Å². The summed E-state index contributed by atoms with van der Waals surface area (Å²) in [7, 11) is -3.51.